The average molecular weight is 301 g/mol. The van der Waals surface area contributed by atoms with E-state index in [0.29, 0.717) is 13.2 Å². The first-order chi connectivity index (χ1) is 10.5. The zero-order valence-corrected chi connectivity index (χ0v) is 13.6. The molecule has 0 radical (unpaired) electrons. The van der Waals surface area contributed by atoms with Crippen LogP contribution in [0.1, 0.15) is 30.8 Å². The summed E-state index contributed by atoms with van der Waals surface area (Å²) in [5.41, 5.74) is 4.19. The van der Waals surface area contributed by atoms with Gasteiger partial charge in [0.2, 0.25) is 0 Å². The Labute approximate surface area is 131 Å². The molecule has 0 unspecified atom stereocenters. The van der Waals surface area contributed by atoms with E-state index in [4.69, 9.17) is 4.74 Å². The van der Waals surface area contributed by atoms with Gasteiger partial charge in [-0.1, -0.05) is 12.1 Å². The van der Waals surface area contributed by atoms with E-state index in [-0.39, 0.29) is 12.0 Å². The molecule has 1 atom stereocenters. The molecule has 0 saturated heterocycles. The first kappa shape index (κ1) is 16.1. The van der Waals surface area contributed by atoms with Gasteiger partial charge in [-0.15, -0.1) is 0 Å². The molecule has 0 fully saturated rings. The molecule has 2 aromatic rings. The summed E-state index contributed by atoms with van der Waals surface area (Å²) in [6.07, 6.45) is 0. The number of carbonyl (C=O) groups is 1. The number of carbonyl (C=O) groups excluding carboxylic acids is 1. The minimum Gasteiger partial charge on any atom is -0.464 e. The van der Waals surface area contributed by atoms with Crippen molar-refractivity contribution >= 4 is 11.7 Å². The number of hydrogen-bond acceptors (Lipinski definition) is 4. The standard InChI is InChI=1S/C17H23N3O2/c1-5-22-17(21)14(4)18-16-8-6-7-15(10-16)11-20-13(3)9-12(2)19-20/h6-10,14,18H,5,11H2,1-4H3/t14-/m0/s1. The van der Waals surface area contributed by atoms with Crippen LogP contribution in [-0.4, -0.2) is 28.4 Å². The average Bonchev–Trinajstić information content (AvgIpc) is 2.77. The molecule has 0 aliphatic heterocycles. The number of aryl methyl sites for hydroxylation is 2. The fraction of sp³-hybridized carbons (Fsp3) is 0.412. The predicted molar refractivity (Wildman–Crippen MR) is 87.0 cm³/mol. The zero-order valence-electron chi connectivity index (χ0n) is 13.6. The van der Waals surface area contributed by atoms with Crippen LogP contribution in [0.4, 0.5) is 5.69 Å². The Balaban J connectivity index is 2.06. The Bertz CT molecular complexity index is 649. The highest BCUT2D eigenvalue weighted by Crippen LogP contribution is 2.14. The number of benzene rings is 1. The fourth-order valence-corrected chi connectivity index (χ4v) is 2.34. The topological polar surface area (TPSA) is 56.1 Å². The van der Waals surface area contributed by atoms with Crippen LogP contribution in [0.2, 0.25) is 0 Å². The van der Waals surface area contributed by atoms with Gasteiger partial charge in [0.05, 0.1) is 18.8 Å². The smallest absolute Gasteiger partial charge is 0.328 e. The normalized spacial score (nSPS) is 12.0. The first-order valence-corrected chi connectivity index (χ1v) is 7.52. The molecular formula is C17H23N3O2. The van der Waals surface area contributed by atoms with Crippen LogP contribution < -0.4 is 5.32 Å². The van der Waals surface area contributed by atoms with E-state index in [1.807, 2.05) is 36.7 Å². The Hall–Kier alpha value is -2.30. The van der Waals surface area contributed by atoms with Crippen LogP contribution in [-0.2, 0) is 16.1 Å². The second-order valence-corrected chi connectivity index (χ2v) is 5.40. The Morgan fingerprint density at radius 2 is 2.14 bits per heavy atom. The van der Waals surface area contributed by atoms with Crippen molar-refractivity contribution in [1.29, 1.82) is 0 Å². The fourth-order valence-electron chi connectivity index (χ4n) is 2.34. The summed E-state index contributed by atoms with van der Waals surface area (Å²) in [4.78, 5) is 11.7. The maximum Gasteiger partial charge on any atom is 0.328 e. The van der Waals surface area contributed by atoms with E-state index in [1.165, 1.54) is 0 Å². The van der Waals surface area contributed by atoms with Crippen LogP contribution in [0.5, 0.6) is 0 Å². The summed E-state index contributed by atoms with van der Waals surface area (Å²) in [5, 5.41) is 7.64. The number of nitrogens with zero attached hydrogens (tertiary/aromatic N) is 2. The van der Waals surface area contributed by atoms with Crippen LogP contribution in [0.15, 0.2) is 30.3 Å². The molecule has 22 heavy (non-hydrogen) atoms. The molecule has 1 aromatic heterocycles. The molecule has 0 amide bonds. The van der Waals surface area contributed by atoms with Crippen molar-refractivity contribution in [2.24, 2.45) is 0 Å². The highest BCUT2D eigenvalue weighted by Gasteiger charge is 2.13. The summed E-state index contributed by atoms with van der Waals surface area (Å²) < 4.78 is 6.98. The van der Waals surface area contributed by atoms with E-state index in [2.05, 4.69) is 22.5 Å². The molecule has 1 heterocycles. The lowest BCUT2D eigenvalue weighted by atomic mass is 10.2. The SMILES string of the molecule is CCOC(=O)[C@H](C)Nc1cccc(Cn2nc(C)cc2C)c1. The maximum atomic E-state index is 11.7. The van der Waals surface area contributed by atoms with Crippen LogP contribution in [0.25, 0.3) is 0 Å². The molecule has 5 nitrogen and oxygen atoms in total. The highest BCUT2D eigenvalue weighted by atomic mass is 16.5. The number of rotatable bonds is 6. The number of hydrogen-bond donors (Lipinski definition) is 1. The molecule has 0 aliphatic carbocycles. The molecule has 5 heteroatoms. The van der Waals surface area contributed by atoms with E-state index in [1.54, 1.807) is 13.8 Å². The number of anilines is 1. The second kappa shape index (κ2) is 7.11. The molecule has 0 spiro atoms. The summed E-state index contributed by atoms with van der Waals surface area (Å²) in [6, 6.07) is 9.69. The Morgan fingerprint density at radius 3 is 2.77 bits per heavy atom. The van der Waals surface area contributed by atoms with E-state index < -0.39 is 0 Å². The molecule has 2 rings (SSSR count). The summed E-state index contributed by atoms with van der Waals surface area (Å²) in [6.45, 7) is 8.74. The maximum absolute atomic E-state index is 11.7. The molecule has 0 bridgehead atoms. The number of ether oxygens (including phenoxy) is 1. The molecule has 1 N–H and O–H groups in total. The number of nitrogens with one attached hydrogen (secondary N) is 1. The Morgan fingerprint density at radius 1 is 1.36 bits per heavy atom. The number of esters is 1. The van der Waals surface area contributed by atoms with Crippen molar-refractivity contribution in [3.8, 4) is 0 Å². The largest absolute Gasteiger partial charge is 0.464 e. The van der Waals surface area contributed by atoms with Crippen molar-refractivity contribution in [2.45, 2.75) is 40.3 Å². The lowest BCUT2D eigenvalue weighted by molar-refractivity contribution is -0.143. The monoisotopic (exact) mass is 301 g/mol. The molecule has 1 aromatic carbocycles. The van der Waals surface area contributed by atoms with Crippen molar-refractivity contribution in [3.05, 3.63) is 47.3 Å². The van der Waals surface area contributed by atoms with E-state index in [0.717, 1.165) is 22.6 Å². The van der Waals surface area contributed by atoms with Crippen molar-refractivity contribution in [2.75, 3.05) is 11.9 Å². The van der Waals surface area contributed by atoms with Gasteiger partial charge in [-0.25, -0.2) is 4.79 Å². The van der Waals surface area contributed by atoms with Gasteiger partial charge in [0.25, 0.3) is 0 Å². The minimum absolute atomic E-state index is 0.244. The van der Waals surface area contributed by atoms with Crippen molar-refractivity contribution in [1.82, 2.24) is 9.78 Å². The van der Waals surface area contributed by atoms with E-state index >= 15 is 0 Å². The van der Waals surface area contributed by atoms with E-state index in [9.17, 15) is 4.79 Å². The first-order valence-electron chi connectivity index (χ1n) is 7.52. The van der Waals surface area contributed by atoms with Gasteiger partial charge >= 0.3 is 5.97 Å². The predicted octanol–water partition coefficient (Wildman–Crippen LogP) is 2.91. The van der Waals surface area contributed by atoms with Gasteiger partial charge in [-0.05, 0) is 51.5 Å². The third-order valence-electron chi connectivity index (χ3n) is 3.39. The summed E-state index contributed by atoms with van der Waals surface area (Å²) in [5.74, 6) is -0.244. The van der Waals surface area contributed by atoms with Crippen LogP contribution in [0, 0.1) is 13.8 Å². The summed E-state index contributed by atoms with van der Waals surface area (Å²) in [7, 11) is 0. The Kier molecular flexibility index (Phi) is 5.20. The second-order valence-electron chi connectivity index (χ2n) is 5.40. The molecule has 0 saturated carbocycles. The van der Waals surface area contributed by atoms with Crippen LogP contribution >= 0.6 is 0 Å². The van der Waals surface area contributed by atoms with Gasteiger partial charge in [-0.2, -0.15) is 5.10 Å². The molecular weight excluding hydrogens is 278 g/mol. The third-order valence-corrected chi connectivity index (χ3v) is 3.39. The molecule has 0 aliphatic rings. The lowest BCUT2D eigenvalue weighted by Crippen LogP contribution is -2.28. The molecule has 118 valence electrons. The van der Waals surface area contributed by atoms with Crippen molar-refractivity contribution in [3.63, 3.8) is 0 Å². The minimum atomic E-state index is -0.371. The van der Waals surface area contributed by atoms with Gasteiger partial charge in [-0.3, -0.25) is 4.68 Å². The van der Waals surface area contributed by atoms with Crippen molar-refractivity contribution < 1.29 is 9.53 Å². The zero-order chi connectivity index (χ0) is 16.1. The van der Waals surface area contributed by atoms with Crippen LogP contribution in [0.3, 0.4) is 0 Å². The lowest BCUT2D eigenvalue weighted by Gasteiger charge is -2.15. The van der Waals surface area contributed by atoms with Gasteiger partial charge in [0.1, 0.15) is 6.04 Å². The van der Waals surface area contributed by atoms with Gasteiger partial charge in [0.15, 0.2) is 0 Å². The third kappa shape index (κ3) is 4.10. The highest BCUT2D eigenvalue weighted by molar-refractivity contribution is 5.78. The summed E-state index contributed by atoms with van der Waals surface area (Å²) >= 11 is 0. The number of aromatic nitrogens is 2. The quantitative estimate of drug-likeness (QED) is 0.834. The van der Waals surface area contributed by atoms with Gasteiger partial charge < -0.3 is 10.1 Å². The van der Waals surface area contributed by atoms with Gasteiger partial charge in [0, 0.05) is 11.4 Å².